The maximum Gasteiger partial charge on any atom is 0.284 e. The van der Waals surface area contributed by atoms with Crippen molar-refractivity contribution in [1.82, 2.24) is 25.0 Å². The lowest BCUT2D eigenvalue weighted by atomic mass is 9.84. The van der Waals surface area contributed by atoms with Crippen LogP contribution in [0.15, 0.2) is 42.7 Å². The van der Waals surface area contributed by atoms with Crippen LogP contribution < -0.4 is 0 Å². The van der Waals surface area contributed by atoms with Gasteiger partial charge in [-0.15, -0.1) is 10.2 Å². The number of benzene rings is 1. The van der Waals surface area contributed by atoms with E-state index in [2.05, 4.69) is 20.4 Å². The smallest absolute Gasteiger partial charge is 0.284 e. The van der Waals surface area contributed by atoms with Gasteiger partial charge in [0, 0.05) is 17.3 Å². The second-order valence-electron chi connectivity index (χ2n) is 6.72. The number of rotatable bonds is 4. The number of carbonyl (C=O) groups excluding carboxylic acids is 2. The van der Waals surface area contributed by atoms with Crippen LogP contribution in [0.5, 0.6) is 0 Å². The Morgan fingerprint density at radius 2 is 1.89 bits per heavy atom. The van der Waals surface area contributed by atoms with Crippen molar-refractivity contribution >= 4 is 12.2 Å². The molecule has 3 aromatic rings. The number of hydrogen-bond acceptors (Lipinski definition) is 6. The van der Waals surface area contributed by atoms with Gasteiger partial charge < -0.3 is 0 Å². The van der Waals surface area contributed by atoms with E-state index < -0.39 is 0 Å². The molecule has 2 aromatic heterocycles. The maximum atomic E-state index is 13.3. The zero-order valence-corrected chi connectivity index (χ0v) is 14.8. The normalized spacial score (nSPS) is 14.8. The third-order valence-electron chi connectivity index (χ3n) is 5.01. The predicted octanol–water partition coefficient (Wildman–Crippen LogP) is 3.28. The first-order valence-corrected chi connectivity index (χ1v) is 9.11. The van der Waals surface area contributed by atoms with Gasteiger partial charge in [0.2, 0.25) is 0 Å². The van der Waals surface area contributed by atoms with E-state index in [0.717, 1.165) is 36.8 Å². The lowest BCUT2D eigenvalue weighted by Crippen LogP contribution is -2.20. The molecular formula is C20H19N5O2. The summed E-state index contributed by atoms with van der Waals surface area (Å²) in [6.45, 7) is 0. The van der Waals surface area contributed by atoms with Gasteiger partial charge in [-0.3, -0.25) is 14.2 Å². The van der Waals surface area contributed by atoms with Crippen LogP contribution in [0.2, 0.25) is 0 Å². The number of hydrogen-bond donors (Lipinski definition) is 0. The zero-order chi connectivity index (χ0) is 18.6. The zero-order valence-electron chi connectivity index (χ0n) is 14.8. The summed E-state index contributed by atoms with van der Waals surface area (Å²) in [5.41, 5.74) is 2.06. The first kappa shape index (κ1) is 17.2. The lowest BCUT2D eigenvalue weighted by Gasteiger charge is -2.22. The summed E-state index contributed by atoms with van der Waals surface area (Å²) in [5.74, 6) is 0.329. The molecule has 0 spiro atoms. The van der Waals surface area contributed by atoms with Gasteiger partial charge in [-0.1, -0.05) is 49.6 Å². The number of nitrogens with zero attached hydrogens (tertiary/aromatic N) is 5. The van der Waals surface area contributed by atoms with E-state index in [1.807, 2.05) is 30.3 Å². The van der Waals surface area contributed by atoms with Crippen LogP contribution in [0.25, 0.3) is 11.4 Å². The molecule has 1 saturated carbocycles. The highest BCUT2D eigenvalue weighted by molar-refractivity contribution is 5.98. The summed E-state index contributed by atoms with van der Waals surface area (Å²) in [6.07, 6.45) is 9.25. The highest BCUT2D eigenvalue weighted by Crippen LogP contribution is 2.33. The van der Waals surface area contributed by atoms with E-state index >= 15 is 0 Å². The van der Waals surface area contributed by atoms with Gasteiger partial charge in [-0.2, -0.15) is 0 Å². The molecule has 0 aliphatic heterocycles. The average molecular weight is 361 g/mol. The van der Waals surface area contributed by atoms with Crippen LogP contribution in [0.4, 0.5) is 0 Å². The summed E-state index contributed by atoms with van der Waals surface area (Å²) in [5, 5.41) is 11.6. The first-order chi connectivity index (χ1) is 13.3. The van der Waals surface area contributed by atoms with Crippen LogP contribution in [0.1, 0.15) is 64.6 Å². The topological polar surface area (TPSA) is 90.6 Å². The number of aldehydes is 1. The summed E-state index contributed by atoms with van der Waals surface area (Å²) >= 11 is 0. The Hall–Kier alpha value is -3.22. The van der Waals surface area contributed by atoms with E-state index in [0.29, 0.717) is 12.1 Å². The fraction of sp³-hybridized carbons (Fsp3) is 0.300. The van der Waals surface area contributed by atoms with E-state index in [1.54, 1.807) is 6.20 Å². The molecular weight excluding hydrogens is 342 g/mol. The summed E-state index contributed by atoms with van der Waals surface area (Å²) in [7, 11) is 0. The van der Waals surface area contributed by atoms with Crippen LogP contribution >= 0.6 is 0 Å². The largest absolute Gasteiger partial charge is 0.296 e. The second-order valence-corrected chi connectivity index (χ2v) is 6.72. The molecule has 136 valence electrons. The second kappa shape index (κ2) is 7.57. The van der Waals surface area contributed by atoms with Crippen molar-refractivity contribution in [2.45, 2.75) is 38.0 Å². The molecule has 0 bridgehead atoms. The Morgan fingerprint density at radius 1 is 1.11 bits per heavy atom. The summed E-state index contributed by atoms with van der Waals surface area (Å²) in [4.78, 5) is 28.9. The highest BCUT2D eigenvalue weighted by Gasteiger charge is 2.26. The predicted molar refractivity (Wildman–Crippen MR) is 98.4 cm³/mol. The maximum absolute atomic E-state index is 13.3. The Labute approximate surface area is 156 Å². The molecule has 0 amide bonds. The van der Waals surface area contributed by atoms with E-state index in [9.17, 15) is 9.59 Å². The molecule has 1 fully saturated rings. The van der Waals surface area contributed by atoms with Crippen molar-refractivity contribution in [2.24, 2.45) is 0 Å². The van der Waals surface area contributed by atoms with Gasteiger partial charge in [-0.05, 0) is 24.0 Å². The minimum absolute atomic E-state index is 0.198. The van der Waals surface area contributed by atoms with Crippen LogP contribution in [0, 0.1) is 0 Å². The van der Waals surface area contributed by atoms with Crippen LogP contribution in [-0.4, -0.2) is 37.2 Å². The average Bonchev–Trinajstić information content (AvgIpc) is 3.19. The first-order valence-electron chi connectivity index (χ1n) is 9.11. The van der Waals surface area contributed by atoms with Gasteiger partial charge in [0.25, 0.3) is 5.91 Å². The van der Waals surface area contributed by atoms with Gasteiger partial charge in [0.1, 0.15) is 11.5 Å². The molecule has 4 rings (SSSR count). The van der Waals surface area contributed by atoms with Crippen molar-refractivity contribution < 1.29 is 9.59 Å². The third kappa shape index (κ3) is 3.40. The molecule has 27 heavy (non-hydrogen) atoms. The monoisotopic (exact) mass is 361 g/mol. The highest BCUT2D eigenvalue weighted by atomic mass is 16.2. The Balaban J connectivity index is 1.78. The summed E-state index contributed by atoms with van der Waals surface area (Å²) < 4.78 is 1.38. The molecule has 1 aliphatic rings. The van der Waals surface area contributed by atoms with Crippen LogP contribution in [-0.2, 0) is 0 Å². The number of imidazole rings is 1. The number of aromatic nitrogens is 5. The Bertz CT molecular complexity index is 962. The minimum Gasteiger partial charge on any atom is -0.296 e. The molecule has 0 radical (unpaired) electrons. The number of carbonyl (C=O) groups is 2. The molecule has 7 nitrogen and oxygen atoms in total. The molecule has 0 N–H and O–H groups in total. The molecule has 0 atom stereocenters. The SMILES string of the molecule is O=Cc1cn(C(=O)c2nnncc2C2CCCCC2)c(-c2ccccc2)n1. The molecule has 0 saturated heterocycles. The summed E-state index contributed by atoms with van der Waals surface area (Å²) in [6, 6.07) is 9.30. The molecule has 0 unspecified atom stereocenters. The van der Waals surface area contributed by atoms with Gasteiger partial charge in [-0.25, -0.2) is 4.98 Å². The molecule has 2 heterocycles. The van der Waals surface area contributed by atoms with E-state index in [4.69, 9.17) is 0 Å². The minimum atomic E-state index is -0.343. The van der Waals surface area contributed by atoms with Gasteiger partial charge >= 0.3 is 0 Å². The van der Waals surface area contributed by atoms with E-state index in [-0.39, 0.29) is 23.2 Å². The van der Waals surface area contributed by atoms with Gasteiger partial charge in [0.05, 0.1) is 6.20 Å². The van der Waals surface area contributed by atoms with E-state index in [1.165, 1.54) is 17.2 Å². The van der Waals surface area contributed by atoms with Crippen molar-refractivity contribution in [2.75, 3.05) is 0 Å². The fourth-order valence-electron chi connectivity index (χ4n) is 3.67. The molecule has 7 heteroatoms. The Morgan fingerprint density at radius 3 is 2.63 bits per heavy atom. The van der Waals surface area contributed by atoms with Crippen LogP contribution in [0.3, 0.4) is 0 Å². The van der Waals surface area contributed by atoms with Gasteiger partial charge in [0.15, 0.2) is 12.0 Å². The quantitative estimate of drug-likeness (QED) is 0.662. The standard InChI is InChI=1S/C20H19N5O2/c26-13-16-12-25(19(22-16)15-9-5-2-6-10-15)20(27)18-17(11-21-24-23-18)14-7-3-1-4-8-14/h2,5-6,9-14H,1,3-4,7-8H2. The molecule has 1 aromatic carbocycles. The molecule has 1 aliphatic carbocycles. The Kier molecular flexibility index (Phi) is 4.82. The fourth-order valence-corrected chi connectivity index (χ4v) is 3.67. The third-order valence-corrected chi connectivity index (χ3v) is 5.01. The van der Waals surface area contributed by atoms with Crippen molar-refractivity contribution in [3.05, 3.63) is 59.7 Å². The van der Waals surface area contributed by atoms with Crippen molar-refractivity contribution in [3.63, 3.8) is 0 Å². The van der Waals surface area contributed by atoms with Crippen molar-refractivity contribution in [3.8, 4) is 11.4 Å². The lowest BCUT2D eigenvalue weighted by molar-refractivity contribution is 0.0953. The van der Waals surface area contributed by atoms with Crippen molar-refractivity contribution in [1.29, 1.82) is 0 Å².